The average Bonchev–Trinajstić information content (AvgIpc) is 2.90. The molecule has 2 bridgehead atoms. The van der Waals surface area contributed by atoms with Crippen LogP contribution >= 0.6 is 12.4 Å². The van der Waals surface area contributed by atoms with E-state index in [1.165, 1.54) is 38.2 Å². The molecular formula is C16H22ClN3O4. The lowest BCUT2D eigenvalue weighted by Gasteiger charge is -2.35. The molecule has 1 amide bonds. The smallest absolute Gasteiger partial charge is 0.310 e. The van der Waals surface area contributed by atoms with Crippen LogP contribution in [0.5, 0.6) is 5.75 Å². The highest BCUT2D eigenvalue weighted by molar-refractivity contribution is 5.95. The molecule has 2 unspecified atom stereocenters. The number of halogens is 1. The van der Waals surface area contributed by atoms with Crippen LogP contribution in [0.15, 0.2) is 18.2 Å². The number of rotatable bonds is 4. The molecular weight excluding hydrogens is 334 g/mol. The second-order valence-electron chi connectivity index (χ2n) is 6.32. The monoisotopic (exact) mass is 355 g/mol. The van der Waals surface area contributed by atoms with E-state index >= 15 is 0 Å². The number of methoxy groups -OCH3 is 1. The van der Waals surface area contributed by atoms with Gasteiger partial charge >= 0.3 is 5.69 Å². The Labute approximate surface area is 146 Å². The van der Waals surface area contributed by atoms with E-state index in [9.17, 15) is 14.9 Å². The lowest BCUT2D eigenvalue weighted by Crippen LogP contribution is -2.48. The molecule has 24 heavy (non-hydrogen) atoms. The van der Waals surface area contributed by atoms with Crippen molar-refractivity contribution in [2.75, 3.05) is 14.2 Å². The van der Waals surface area contributed by atoms with Crippen LogP contribution in [-0.4, -0.2) is 48.0 Å². The molecule has 0 radical (unpaired) electrons. The Hall–Kier alpha value is -1.86. The van der Waals surface area contributed by atoms with Gasteiger partial charge in [-0.2, -0.15) is 0 Å². The largest absolute Gasteiger partial charge is 0.490 e. The third-order valence-corrected chi connectivity index (χ3v) is 4.94. The van der Waals surface area contributed by atoms with Crippen molar-refractivity contribution >= 4 is 24.0 Å². The highest BCUT2D eigenvalue weighted by atomic mass is 35.5. The molecule has 2 aliphatic rings. The molecule has 2 atom stereocenters. The number of fused-ring (bicyclic) bond motifs is 2. The third-order valence-electron chi connectivity index (χ3n) is 4.94. The number of nitro groups is 1. The number of ether oxygens (including phenoxy) is 1. The summed E-state index contributed by atoms with van der Waals surface area (Å²) in [4.78, 5) is 24.9. The zero-order valence-electron chi connectivity index (χ0n) is 13.7. The standard InChI is InChI=1S/C16H21N3O4.ClH/c1-18(13-8-11-4-5-12(9-13)17-11)16(20)10-3-6-14(19(21)22)15(7-10)23-2;/h3,6-7,11-13,17H,4-5,8-9H2,1-2H3;1H. The molecule has 1 N–H and O–H groups in total. The van der Waals surface area contributed by atoms with Gasteiger partial charge in [-0.25, -0.2) is 0 Å². The fourth-order valence-electron chi connectivity index (χ4n) is 3.67. The fourth-order valence-corrected chi connectivity index (χ4v) is 3.67. The average molecular weight is 356 g/mol. The second-order valence-corrected chi connectivity index (χ2v) is 6.32. The molecule has 1 aromatic carbocycles. The summed E-state index contributed by atoms with van der Waals surface area (Å²) in [6, 6.07) is 5.48. The first-order valence-corrected chi connectivity index (χ1v) is 7.85. The first-order chi connectivity index (χ1) is 11.0. The number of nitro benzene ring substituents is 1. The van der Waals surface area contributed by atoms with Crippen LogP contribution in [0, 0.1) is 10.1 Å². The van der Waals surface area contributed by atoms with Gasteiger partial charge in [-0.15, -0.1) is 12.4 Å². The van der Waals surface area contributed by atoms with Crippen molar-refractivity contribution in [1.82, 2.24) is 10.2 Å². The van der Waals surface area contributed by atoms with Crippen LogP contribution in [0.2, 0.25) is 0 Å². The molecule has 2 aliphatic heterocycles. The van der Waals surface area contributed by atoms with Crippen LogP contribution in [0.1, 0.15) is 36.0 Å². The van der Waals surface area contributed by atoms with Crippen molar-refractivity contribution in [1.29, 1.82) is 0 Å². The quantitative estimate of drug-likeness (QED) is 0.662. The van der Waals surface area contributed by atoms with E-state index in [1.807, 2.05) is 7.05 Å². The molecule has 2 fully saturated rings. The third kappa shape index (κ3) is 3.47. The van der Waals surface area contributed by atoms with Crippen molar-refractivity contribution in [2.24, 2.45) is 0 Å². The predicted molar refractivity (Wildman–Crippen MR) is 92.0 cm³/mol. The zero-order valence-corrected chi connectivity index (χ0v) is 14.5. The van der Waals surface area contributed by atoms with E-state index in [0.717, 1.165) is 12.8 Å². The highest BCUT2D eigenvalue weighted by Gasteiger charge is 2.36. The van der Waals surface area contributed by atoms with Gasteiger partial charge in [-0.05, 0) is 31.7 Å². The van der Waals surface area contributed by atoms with Crippen molar-refractivity contribution in [3.8, 4) is 5.75 Å². The van der Waals surface area contributed by atoms with Crippen LogP contribution < -0.4 is 10.1 Å². The number of piperidine rings is 1. The van der Waals surface area contributed by atoms with Gasteiger partial charge in [0.25, 0.3) is 5.91 Å². The Bertz CT molecular complexity index is 628. The summed E-state index contributed by atoms with van der Waals surface area (Å²) < 4.78 is 5.04. The second kappa shape index (κ2) is 7.36. The van der Waals surface area contributed by atoms with Gasteiger partial charge in [0.2, 0.25) is 0 Å². The van der Waals surface area contributed by atoms with E-state index in [4.69, 9.17) is 4.74 Å². The number of amides is 1. The van der Waals surface area contributed by atoms with E-state index in [-0.39, 0.29) is 35.8 Å². The fraction of sp³-hybridized carbons (Fsp3) is 0.562. The predicted octanol–water partition coefficient (Wildman–Crippen LogP) is 2.38. The molecule has 132 valence electrons. The number of nitrogens with one attached hydrogen (secondary N) is 1. The Morgan fingerprint density at radius 2 is 1.96 bits per heavy atom. The summed E-state index contributed by atoms with van der Waals surface area (Å²) in [5, 5.41) is 14.5. The molecule has 8 heteroatoms. The van der Waals surface area contributed by atoms with E-state index in [0.29, 0.717) is 17.6 Å². The molecule has 2 heterocycles. The van der Waals surface area contributed by atoms with Crippen molar-refractivity contribution in [3.05, 3.63) is 33.9 Å². The van der Waals surface area contributed by atoms with Gasteiger partial charge in [0.05, 0.1) is 12.0 Å². The number of carbonyl (C=O) groups is 1. The molecule has 0 aromatic heterocycles. The normalized spacial score (nSPS) is 24.8. The van der Waals surface area contributed by atoms with Gasteiger partial charge in [-0.3, -0.25) is 14.9 Å². The van der Waals surface area contributed by atoms with Crippen molar-refractivity contribution in [2.45, 2.75) is 43.8 Å². The lowest BCUT2D eigenvalue weighted by molar-refractivity contribution is -0.385. The molecule has 7 nitrogen and oxygen atoms in total. The number of nitrogens with zero attached hydrogens (tertiary/aromatic N) is 2. The van der Waals surface area contributed by atoms with Crippen molar-refractivity contribution in [3.63, 3.8) is 0 Å². The van der Waals surface area contributed by atoms with Gasteiger partial charge < -0.3 is 15.0 Å². The number of carbonyl (C=O) groups excluding carboxylic acids is 1. The molecule has 0 saturated carbocycles. The maximum atomic E-state index is 12.7. The van der Waals surface area contributed by atoms with E-state index in [2.05, 4.69) is 5.32 Å². The number of benzene rings is 1. The molecule has 2 saturated heterocycles. The van der Waals surface area contributed by atoms with E-state index in [1.54, 1.807) is 4.90 Å². The van der Waals surface area contributed by atoms with Gasteiger partial charge in [0, 0.05) is 42.9 Å². The molecule has 3 rings (SSSR count). The zero-order chi connectivity index (χ0) is 16.6. The minimum absolute atomic E-state index is 0. The molecule has 0 aliphatic carbocycles. The minimum atomic E-state index is -0.513. The van der Waals surface area contributed by atoms with Gasteiger partial charge in [0.15, 0.2) is 5.75 Å². The summed E-state index contributed by atoms with van der Waals surface area (Å²) in [5.74, 6) is -0.0101. The SMILES string of the molecule is COc1cc(C(=O)N(C)C2CC3CCC(C2)N3)ccc1[N+](=O)[O-].Cl. The van der Waals surface area contributed by atoms with Crippen LogP contribution in [-0.2, 0) is 0 Å². The first-order valence-electron chi connectivity index (χ1n) is 7.85. The van der Waals surface area contributed by atoms with Gasteiger partial charge in [0.1, 0.15) is 0 Å². The summed E-state index contributed by atoms with van der Waals surface area (Å²) in [5.41, 5.74) is 0.285. The topological polar surface area (TPSA) is 84.7 Å². The van der Waals surface area contributed by atoms with Crippen molar-refractivity contribution < 1.29 is 14.5 Å². The minimum Gasteiger partial charge on any atom is -0.490 e. The lowest BCUT2D eigenvalue weighted by atomic mass is 9.98. The first kappa shape index (κ1) is 18.5. The summed E-state index contributed by atoms with van der Waals surface area (Å²) >= 11 is 0. The van der Waals surface area contributed by atoms with Gasteiger partial charge in [-0.1, -0.05) is 0 Å². The molecule has 0 spiro atoms. The maximum absolute atomic E-state index is 12.7. The maximum Gasteiger partial charge on any atom is 0.310 e. The summed E-state index contributed by atoms with van der Waals surface area (Å²) in [6.45, 7) is 0. The highest BCUT2D eigenvalue weighted by Crippen LogP contribution is 2.31. The number of hydrogen-bond acceptors (Lipinski definition) is 5. The van der Waals surface area contributed by atoms with Crippen LogP contribution in [0.25, 0.3) is 0 Å². The Morgan fingerprint density at radius 1 is 1.33 bits per heavy atom. The van der Waals surface area contributed by atoms with Crippen LogP contribution in [0.3, 0.4) is 0 Å². The number of hydrogen-bond donors (Lipinski definition) is 1. The summed E-state index contributed by atoms with van der Waals surface area (Å²) in [6.07, 6.45) is 4.27. The van der Waals surface area contributed by atoms with E-state index < -0.39 is 4.92 Å². The Kier molecular flexibility index (Phi) is 5.66. The summed E-state index contributed by atoms with van der Waals surface area (Å²) in [7, 11) is 3.18. The Morgan fingerprint density at radius 3 is 2.50 bits per heavy atom. The van der Waals surface area contributed by atoms with Crippen LogP contribution in [0.4, 0.5) is 5.69 Å². The Balaban J connectivity index is 0.00000208. The molecule has 1 aromatic rings.